The van der Waals surface area contributed by atoms with Crippen LogP contribution in [0, 0.1) is 11.3 Å². The molecule has 2 rings (SSSR count). The maximum atomic E-state index is 11.9. The second-order valence-corrected chi connectivity index (χ2v) is 5.56. The summed E-state index contributed by atoms with van der Waals surface area (Å²) >= 11 is 3.39. The lowest BCUT2D eigenvalue weighted by molar-refractivity contribution is -0.121. The third-order valence-electron chi connectivity index (χ3n) is 3.12. The molecular formula is C15H16BrN3O2. The number of carbonyl (C=O) groups excluding carboxylic acids is 1. The molecule has 1 amide bonds. The lowest BCUT2D eigenvalue weighted by atomic mass is 10.2. The SMILES string of the molecule is COCCCNC(=O)Cn1cc(C#N)c2cc(Br)ccc21. The Morgan fingerprint density at radius 2 is 2.33 bits per heavy atom. The summed E-state index contributed by atoms with van der Waals surface area (Å²) < 4.78 is 7.64. The van der Waals surface area contributed by atoms with Crippen LogP contribution in [0.1, 0.15) is 12.0 Å². The fourth-order valence-electron chi connectivity index (χ4n) is 2.14. The van der Waals surface area contributed by atoms with E-state index in [0.717, 1.165) is 21.8 Å². The van der Waals surface area contributed by atoms with Gasteiger partial charge in [0.25, 0.3) is 0 Å². The van der Waals surface area contributed by atoms with Gasteiger partial charge in [-0.2, -0.15) is 5.26 Å². The van der Waals surface area contributed by atoms with E-state index in [1.807, 2.05) is 18.2 Å². The Kier molecular flexibility index (Phi) is 5.37. The molecular weight excluding hydrogens is 334 g/mol. The number of nitriles is 1. The molecule has 0 aliphatic heterocycles. The minimum atomic E-state index is -0.0737. The summed E-state index contributed by atoms with van der Waals surface area (Å²) in [5.74, 6) is -0.0737. The molecule has 0 aliphatic carbocycles. The summed E-state index contributed by atoms with van der Waals surface area (Å²) in [6, 6.07) is 7.85. The van der Waals surface area contributed by atoms with Gasteiger partial charge in [-0.05, 0) is 24.6 Å². The number of amides is 1. The van der Waals surface area contributed by atoms with Crippen molar-refractivity contribution >= 4 is 32.7 Å². The normalized spacial score (nSPS) is 10.5. The lowest BCUT2D eigenvalue weighted by Gasteiger charge is -2.07. The number of fused-ring (bicyclic) bond motifs is 1. The van der Waals surface area contributed by atoms with Crippen LogP contribution in [0.2, 0.25) is 0 Å². The van der Waals surface area contributed by atoms with Crippen LogP contribution >= 0.6 is 15.9 Å². The summed E-state index contributed by atoms with van der Waals surface area (Å²) in [5, 5.41) is 12.9. The van der Waals surface area contributed by atoms with Crippen molar-refractivity contribution in [2.75, 3.05) is 20.3 Å². The molecule has 0 saturated carbocycles. The maximum Gasteiger partial charge on any atom is 0.239 e. The largest absolute Gasteiger partial charge is 0.385 e. The molecule has 0 atom stereocenters. The summed E-state index contributed by atoms with van der Waals surface area (Å²) in [7, 11) is 1.63. The van der Waals surface area contributed by atoms with E-state index in [4.69, 9.17) is 4.74 Å². The van der Waals surface area contributed by atoms with Crippen molar-refractivity contribution in [3.63, 3.8) is 0 Å². The first-order valence-corrected chi connectivity index (χ1v) is 7.39. The second kappa shape index (κ2) is 7.25. The molecule has 0 saturated heterocycles. The first-order valence-electron chi connectivity index (χ1n) is 6.60. The highest BCUT2D eigenvalue weighted by molar-refractivity contribution is 9.10. The number of nitrogens with zero attached hydrogens (tertiary/aromatic N) is 2. The van der Waals surface area contributed by atoms with Gasteiger partial charge in [0, 0.05) is 41.8 Å². The Morgan fingerprint density at radius 1 is 1.52 bits per heavy atom. The highest BCUT2D eigenvalue weighted by Gasteiger charge is 2.11. The van der Waals surface area contributed by atoms with E-state index >= 15 is 0 Å². The van der Waals surface area contributed by atoms with E-state index in [9.17, 15) is 10.1 Å². The molecule has 0 aliphatic rings. The minimum absolute atomic E-state index is 0.0737. The molecule has 0 bridgehead atoms. The number of hydrogen-bond donors (Lipinski definition) is 1. The van der Waals surface area contributed by atoms with Crippen LogP contribution in [0.25, 0.3) is 10.9 Å². The highest BCUT2D eigenvalue weighted by atomic mass is 79.9. The minimum Gasteiger partial charge on any atom is -0.385 e. The van der Waals surface area contributed by atoms with Crippen LogP contribution in [-0.2, 0) is 16.1 Å². The third-order valence-corrected chi connectivity index (χ3v) is 3.62. The van der Waals surface area contributed by atoms with Crippen molar-refractivity contribution in [3.05, 3.63) is 34.4 Å². The molecule has 1 aromatic heterocycles. The predicted molar refractivity (Wildman–Crippen MR) is 83.9 cm³/mol. The van der Waals surface area contributed by atoms with Crippen LogP contribution in [0.15, 0.2) is 28.9 Å². The van der Waals surface area contributed by atoms with Crippen molar-refractivity contribution < 1.29 is 9.53 Å². The predicted octanol–water partition coefficient (Wildman–Crippen LogP) is 2.43. The zero-order valence-electron chi connectivity index (χ0n) is 11.7. The molecule has 5 nitrogen and oxygen atoms in total. The Labute approximate surface area is 131 Å². The van der Waals surface area contributed by atoms with Crippen LogP contribution in [-0.4, -0.2) is 30.7 Å². The number of hydrogen-bond acceptors (Lipinski definition) is 3. The van der Waals surface area contributed by atoms with E-state index < -0.39 is 0 Å². The number of carbonyl (C=O) groups is 1. The van der Waals surface area contributed by atoms with Gasteiger partial charge in [0.15, 0.2) is 0 Å². The van der Waals surface area contributed by atoms with Gasteiger partial charge in [-0.25, -0.2) is 0 Å². The molecule has 0 unspecified atom stereocenters. The van der Waals surface area contributed by atoms with Crippen molar-refractivity contribution in [1.29, 1.82) is 5.26 Å². The van der Waals surface area contributed by atoms with Crippen molar-refractivity contribution in [2.24, 2.45) is 0 Å². The zero-order chi connectivity index (χ0) is 15.2. The summed E-state index contributed by atoms with van der Waals surface area (Å²) in [5.41, 5.74) is 1.44. The van der Waals surface area contributed by atoms with Gasteiger partial charge in [0.2, 0.25) is 5.91 Å². The first-order chi connectivity index (χ1) is 10.2. The van der Waals surface area contributed by atoms with Gasteiger partial charge in [0.1, 0.15) is 12.6 Å². The molecule has 21 heavy (non-hydrogen) atoms. The lowest BCUT2D eigenvalue weighted by Crippen LogP contribution is -2.28. The van der Waals surface area contributed by atoms with E-state index in [0.29, 0.717) is 18.7 Å². The summed E-state index contributed by atoms with van der Waals surface area (Å²) in [6.45, 7) is 1.41. The fraction of sp³-hybridized carbons (Fsp3) is 0.333. The number of aromatic nitrogens is 1. The molecule has 1 heterocycles. The molecule has 1 N–H and O–H groups in total. The van der Waals surface area contributed by atoms with E-state index in [1.165, 1.54) is 0 Å². The topological polar surface area (TPSA) is 67.0 Å². The number of benzene rings is 1. The third kappa shape index (κ3) is 3.84. The summed E-state index contributed by atoms with van der Waals surface area (Å²) in [6.07, 6.45) is 2.50. The van der Waals surface area contributed by atoms with Gasteiger partial charge in [-0.1, -0.05) is 15.9 Å². The van der Waals surface area contributed by atoms with E-state index in [1.54, 1.807) is 17.9 Å². The molecule has 0 spiro atoms. The van der Waals surface area contributed by atoms with Crippen LogP contribution < -0.4 is 5.32 Å². The standard InChI is InChI=1S/C15H16BrN3O2/c1-21-6-2-5-18-15(20)10-19-9-11(8-17)13-7-12(16)3-4-14(13)19/h3-4,7,9H,2,5-6,10H2,1H3,(H,18,20). The zero-order valence-corrected chi connectivity index (χ0v) is 13.3. The van der Waals surface area contributed by atoms with Gasteiger partial charge in [0.05, 0.1) is 5.56 Å². The van der Waals surface area contributed by atoms with Crippen LogP contribution in [0.3, 0.4) is 0 Å². The molecule has 0 fully saturated rings. The van der Waals surface area contributed by atoms with Gasteiger partial charge < -0.3 is 14.6 Å². The van der Waals surface area contributed by atoms with Crippen molar-refractivity contribution in [1.82, 2.24) is 9.88 Å². The average molecular weight is 350 g/mol. The van der Waals surface area contributed by atoms with Crippen LogP contribution in [0.4, 0.5) is 0 Å². The van der Waals surface area contributed by atoms with Crippen molar-refractivity contribution in [3.8, 4) is 6.07 Å². The Hall–Kier alpha value is -1.84. The van der Waals surface area contributed by atoms with Gasteiger partial charge in [-0.3, -0.25) is 4.79 Å². The first kappa shape index (κ1) is 15.5. The molecule has 110 valence electrons. The number of ether oxygens (including phenoxy) is 1. The number of rotatable bonds is 6. The number of halogens is 1. The van der Waals surface area contributed by atoms with Crippen LogP contribution in [0.5, 0.6) is 0 Å². The molecule has 2 aromatic rings. The number of methoxy groups -OCH3 is 1. The Morgan fingerprint density at radius 3 is 3.05 bits per heavy atom. The molecule has 1 aromatic carbocycles. The van der Waals surface area contributed by atoms with Crippen molar-refractivity contribution in [2.45, 2.75) is 13.0 Å². The smallest absolute Gasteiger partial charge is 0.239 e. The second-order valence-electron chi connectivity index (χ2n) is 4.64. The van der Waals surface area contributed by atoms with Gasteiger partial charge >= 0.3 is 0 Å². The maximum absolute atomic E-state index is 11.9. The fourth-order valence-corrected chi connectivity index (χ4v) is 2.51. The Balaban J connectivity index is 2.12. The van der Waals surface area contributed by atoms with Gasteiger partial charge in [-0.15, -0.1) is 0 Å². The van der Waals surface area contributed by atoms with E-state index in [2.05, 4.69) is 27.3 Å². The van der Waals surface area contributed by atoms with E-state index in [-0.39, 0.29) is 12.5 Å². The average Bonchev–Trinajstić information content (AvgIpc) is 2.80. The molecule has 6 heteroatoms. The Bertz CT molecular complexity index is 688. The monoisotopic (exact) mass is 349 g/mol. The number of nitrogens with one attached hydrogen (secondary N) is 1. The highest BCUT2D eigenvalue weighted by Crippen LogP contribution is 2.24. The summed E-state index contributed by atoms with van der Waals surface area (Å²) in [4.78, 5) is 11.9. The molecule has 0 radical (unpaired) electrons. The quantitative estimate of drug-likeness (QED) is 0.814.